The molecule has 5 rings (SSSR count). The predicted octanol–water partition coefficient (Wildman–Crippen LogP) is -1.15. The lowest BCUT2D eigenvalue weighted by Gasteiger charge is -2.40. The van der Waals surface area contributed by atoms with Gasteiger partial charge in [-0.05, 0) is 49.4 Å². The first-order valence-corrected chi connectivity index (χ1v) is 11.4. The van der Waals surface area contributed by atoms with Crippen LogP contribution in [0.3, 0.4) is 0 Å². The molecule has 0 radical (unpaired) electrons. The van der Waals surface area contributed by atoms with Gasteiger partial charge in [0, 0.05) is 17.0 Å². The molecule has 3 aromatic rings. The molecule has 2 aliphatic rings. The molecule has 1 aliphatic heterocycles. The molecule has 2 aromatic heterocycles. The van der Waals surface area contributed by atoms with E-state index in [1.54, 1.807) is 12.1 Å². The summed E-state index contributed by atoms with van der Waals surface area (Å²) in [6.07, 6.45) is -2.58. The first-order valence-electron chi connectivity index (χ1n) is 11.4. The fourth-order valence-electron chi connectivity index (χ4n) is 4.73. The number of carbonyl (C=O) groups excluding carboxylic acids is 1. The average molecular weight is 486 g/mol. The molecule has 1 amide bonds. The van der Waals surface area contributed by atoms with Gasteiger partial charge in [-0.1, -0.05) is 5.21 Å². The first kappa shape index (κ1) is 23.6. The van der Waals surface area contributed by atoms with Crippen molar-refractivity contribution < 1.29 is 34.4 Å². The van der Waals surface area contributed by atoms with Crippen molar-refractivity contribution in [2.24, 2.45) is 0 Å². The number of aliphatic hydroxyl groups excluding tert-OH is 4. The molecule has 3 heterocycles. The van der Waals surface area contributed by atoms with Crippen molar-refractivity contribution in [2.45, 2.75) is 62.9 Å². The quantitative estimate of drug-likeness (QED) is 0.283. The van der Waals surface area contributed by atoms with Gasteiger partial charge in [-0.25, -0.2) is 9.48 Å². The minimum atomic E-state index is -1.61. The number of hydrogen-bond acceptors (Lipinski definition) is 10. The Hall–Kier alpha value is -3.16. The molecule has 1 aliphatic carbocycles. The maximum absolute atomic E-state index is 12.8. The van der Waals surface area contributed by atoms with Gasteiger partial charge in [0.05, 0.1) is 12.3 Å². The Morgan fingerprint density at radius 3 is 2.74 bits per heavy atom. The van der Waals surface area contributed by atoms with Gasteiger partial charge >= 0.3 is 5.63 Å². The number of carbonyl (C=O) groups is 1. The second-order valence-corrected chi connectivity index (χ2v) is 8.87. The van der Waals surface area contributed by atoms with Crippen molar-refractivity contribution >= 4 is 16.9 Å². The molecule has 186 valence electrons. The van der Waals surface area contributed by atoms with E-state index in [0.717, 1.165) is 41.5 Å². The van der Waals surface area contributed by atoms with Crippen LogP contribution in [0.5, 0.6) is 0 Å². The van der Waals surface area contributed by atoms with Crippen molar-refractivity contribution in [3.05, 3.63) is 45.9 Å². The zero-order valence-electron chi connectivity index (χ0n) is 18.7. The molecular weight excluding hydrogens is 460 g/mol. The average Bonchev–Trinajstić information content (AvgIpc) is 3.21. The highest BCUT2D eigenvalue weighted by atomic mass is 16.6. The van der Waals surface area contributed by atoms with Crippen LogP contribution in [0.4, 0.5) is 0 Å². The molecule has 0 saturated carbocycles. The van der Waals surface area contributed by atoms with E-state index in [1.165, 1.54) is 10.7 Å². The van der Waals surface area contributed by atoms with Gasteiger partial charge in [0.2, 0.25) is 5.91 Å². The van der Waals surface area contributed by atoms with E-state index in [-0.39, 0.29) is 6.54 Å². The largest absolute Gasteiger partial charge is 0.423 e. The van der Waals surface area contributed by atoms with Crippen molar-refractivity contribution in [3.63, 3.8) is 0 Å². The summed E-state index contributed by atoms with van der Waals surface area (Å²) in [5.74, 6) is -0.578. The third kappa shape index (κ3) is 4.46. The number of amides is 1. The molecule has 35 heavy (non-hydrogen) atoms. The van der Waals surface area contributed by atoms with Crippen molar-refractivity contribution in [2.75, 3.05) is 6.61 Å². The molecule has 5 atom stereocenters. The highest BCUT2D eigenvalue weighted by Gasteiger charge is 2.44. The van der Waals surface area contributed by atoms with E-state index in [1.807, 2.05) is 6.07 Å². The highest BCUT2D eigenvalue weighted by molar-refractivity contribution is 5.85. The third-order valence-electron chi connectivity index (χ3n) is 6.57. The number of nitrogens with zero attached hydrogens (tertiary/aromatic N) is 3. The van der Waals surface area contributed by atoms with Crippen molar-refractivity contribution in [1.82, 2.24) is 20.3 Å². The second kappa shape index (κ2) is 9.47. The normalized spacial score (nSPS) is 26.5. The minimum absolute atomic E-state index is 0.240. The fraction of sp³-hybridized carbons (Fsp3) is 0.478. The fourth-order valence-corrected chi connectivity index (χ4v) is 4.73. The predicted molar refractivity (Wildman–Crippen MR) is 120 cm³/mol. The number of hydrogen-bond donors (Lipinski definition) is 5. The minimum Gasteiger partial charge on any atom is -0.423 e. The van der Waals surface area contributed by atoms with Gasteiger partial charge in [-0.2, -0.15) is 0 Å². The Labute approximate surface area is 198 Å². The Morgan fingerprint density at radius 1 is 1.14 bits per heavy atom. The Bertz CT molecular complexity index is 1300. The summed E-state index contributed by atoms with van der Waals surface area (Å²) in [7, 11) is 0. The van der Waals surface area contributed by atoms with Crippen LogP contribution >= 0.6 is 0 Å². The smallest absolute Gasteiger partial charge is 0.336 e. The molecule has 5 N–H and O–H groups in total. The number of aromatic nitrogens is 3. The molecule has 1 aromatic carbocycles. The van der Waals surface area contributed by atoms with E-state index in [2.05, 4.69) is 15.6 Å². The van der Waals surface area contributed by atoms with Gasteiger partial charge in [-0.3, -0.25) is 4.79 Å². The first-order chi connectivity index (χ1) is 16.9. The number of benzene rings is 1. The van der Waals surface area contributed by atoms with E-state index in [0.29, 0.717) is 17.7 Å². The Balaban J connectivity index is 1.41. The summed E-state index contributed by atoms with van der Waals surface area (Å²) < 4.78 is 11.9. The van der Waals surface area contributed by atoms with Crippen LogP contribution in [0.1, 0.15) is 24.1 Å². The molecular formula is C23H26N4O8. The van der Waals surface area contributed by atoms with Gasteiger partial charge in [0.1, 0.15) is 42.2 Å². The Kier molecular flexibility index (Phi) is 6.38. The van der Waals surface area contributed by atoms with Crippen LogP contribution in [0, 0.1) is 0 Å². The number of rotatable bonds is 4. The van der Waals surface area contributed by atoms with Crippen LogP contribution in [0.2, 0.25) is 0 Å². The zero-order chi connectivity index (χ0) is 24.7. The summed E-state index contributed by atoms with van der Waals surface area (Å²) in [6, 6.07) is 5.57. The van der Waals surface area contributed by atoms with E-state index >= 15 is 0 Å². The Morgan fingerprint density at radius 2 is 1.94 bits per heavy atom. The van der Waals surface area contributed by atoms with Crippen LogP contribution in [-0.4, -0.2) is 78.6 Å². The van der Waals surface area contributed by atoms with E-state index in [9.17, 15) is 30.0 Å². The van der Waals surface area contributed by atoms with Gasteiger partial charge in [0.15, 0.2) is 6.29 Å². The summed E-state index contributed by atoms with van der Waals surface area (Å²) in [5.41, 5.74) is 3.16. The lowest BCUT2D eigenvalue weighted by atomic mass is 9.92. The maximum atomic E-state index is 12.8. The molecule has 0 bridgehead atoms. The monoisotopic (exact) mass is 486 g/mol. The molecule has 0 spiro atoms. The van der Waals surface area contributed by atoms with Gasteiger partial charge in [-0.15, -0.1) is 5.10 Å². The third-order valence-corrected chi connectivity index (χ3v) is 6.57. The lowest BCUT2D eigenvalue weighted by molar-refractivity contribution is -0.253. The summed E-state index contributed by atoms with van der Waals surface area (Å²) in [4.78, 5) is 24.5. The lowest BCUT2D eigenvalue weighted by Crippen LogP contribution is -2.64. The van der Waals surface area contributed by atoms with Crippen LogP contribution in [0.25, 0.3) is 22.2 Å². The number of aliphatic hydroxyl groups is 4. The molecule has 1 fully saturated rings. The SMILES string of the molecule is O=C(Cn1nnc2c1CCCCc1cc3ccc(=O)oc3cc1-2)NC1C(O)OC(CO)[C@@H](O)C1O. The summed E-state index contributed by atoms with van der Waals surface area (Å²) >= 11 is 0. The second-order valence-electron chi connectivity index (χ2n) is 8.87. The summed E-state index contributed by atoms with van der Waals surface area (Å²) in [5, 5.41) is 51.4. The molecule has 4 unspecified atom stereocenters. The number of ether oxygens (including phenoxy) is 1. The van der Waals surface area contributed by atoms with E-state index < -0.39 is 48.8 Å². The standard InChI is InChI=1S/C23H26N4O8/c28-10-16-21(31)22(32)20(23(33)35-16)24-17(29)9-27-14-4-2-1-3-11-7-12-5-6-18(30)34-15(12)8-13(11)19(14)25-26-27/h5-8,16,20-23,28,31-33H,1-4,9-10H2,(H,24,29)/t16?,20?,21-,22?,23?/m1/s1. The maximum Gasteiger partial charge on any atom is 0.336 e. The molecule has 1 saturated heterocycles. The van der Waals surface area contributed by atoms with Crippen LogP contribution in [-0.2, 0) is 28.9 Å². The van der Waals surface area contributed by atoms with Crippen molar-refractivity contribution in [3.8, 4) is 11.3 Å². The van der Waals surface area contributed by atoms with Gasteiger partial charge in [0.25, 0.3) is 0 Å². The zero-order valence-corrected chi connectivity index (χ0v) is 18.7. The highest BCUT2D eigenvalue weighted by Crippen LogP contribution is 2.33. The number of fused-ring (bicyclic) bond motifs is 4. The topological polar surface area (TPSA) is 180 Å². The molecule has 12 heteroatoms. The van der Waals surface area contributed by atoms with Crippen LogP contribution < -0.4 is 10.9 Å². The summed E-state index contributed by atoms with van der Waals surface area (Å²) in [6.45, 7) is -0.836. The molecule has 12 nitrogen and oxygen atoms in total. The van der Waals surface area contributed by atoms with E-state index in [4.69, 9.17) is 9.15 Å². The number of aryl methyl sites for hydroxylation is 1. The number of nitrogens with one attached hydrogen (secondary N) is 1. The van der Waals surface area contributed by atoms with Crippen molar-refractivity contribution in [1.29, 1.82) is 0 Å². The van der Waals surface area contributed by atoms with Crippen LogP contribution in [0.15, 0.2) is 33.5 Å². The van der Waals surface area contributed by atoms with Gasteiger partial charge < -0.3 is 34.9 Å².